The van der Waals surface area contributed by atoms with Crippen molar-refractivity contribution in [2.24, 2.45) is 5.92 Å². The average Bonchev–Trinajstić information content (AvgIpc) is 2.73. The Kier molecular flexibility index (Phi) is 3.55. The number of hydrogen-bond donors (Lipinski definition) is 2. The molecule has 1 heterocycles. The Morgan fingerprint density at radius 1 is 1.59 bits per heavy atom. The molecule has 0 bridgehead atoms. The topological polar surface area (TPSA) is 81.8 Å². The molecule has 1 aromatic heterocycles. The molecule has 2 N–H and O–H groups in total. The molecule has 90 valence electrons. The van der Waals surface area contributed by atoms with Gasteiger partial charge in [0.25, 0.3) is 0 Å². The van der Waals surface area contributed by atoms with Gasteiger partial charge in [0.15, 0.2) is 0 Å². The zero-order chi connectivity index (χ0) is 12.3. The van der Waals surface area contributed by atoms with Crippen molar-refractivity contribution in [3.8, 4) is 6.07 Å². The lowest BCUT2D eigenvalue weighted by Gasteiger charge is -2.12. The van der Waals surface area contributed by atoms with Crippen LogP contribution in [0.3, 0.4) is 0 Å². The highest BCUT2D eigenvalue weighted by atomic mass is 16.3. The minimum atomic E-state index is -0.163. The number of aliphatic hydroxyl groups is 1. The number of nitrogens with zero attached hydrogens (tertiary/aromatic N) is 3. The Balaban J connectivity index is 1.99. The van der Waals surface area contributed by atoms with E-state index >= 15 is 0 Å². The maximum atomic E-state index is 9.44. The van der Waals surface area contributed by atoms with Crippen molar-refractivity contribution in [2.75, 3.05) is 11.9 Å². The number of aryl methyl sites for hydroxylation is 1. The van der Waals surface area contributed by atoms with E-state index in [-0.39, 0.29) is 6.10 Å². The molecule has 0 aromatic carbocycles. The van der Waals surface area contributed by atoms with E-state index in [0.29, 0.717) is 23.1 Å². The molecule has 1 fully saturated rings. The minimum absolute atomic E-state index is 0.163. The Morgan fingerprint density at radius 2 is 2.41 bits per heavy atom. The third kappa shape index (κ3) is 2.92. The highest BCUT2D eigenvalue weighted by molar-refractivity contribution is 5.50. The molecular formula is C12H16N4O. The number of rotatable bonds is 3. The van der Waals surface area contributed by atoms with Gasteiger partial charge in [-0.1, -0.05) is 0 Å². The zero-order valence-electron chi connectivity index (χ0n) is 9.85. The Morgan fingerprint density at radius 3 is 3.06 bits per heavy atom. The zero-order valence-corrected chi connectivity index (χ0v) is 9.85. The van der Waals surface area contributed by atoms with E-state index < -0.39 is 0 Å². The maximum absolute atomic E-state index is 9.44. The van der Waals surface area contributed by atoms with Crippen LogP contribution in [0.25, 0.3) is 0 Å². The smallest absolute Gasteiger partial charge is 0.147 e. The lowest BCUT2D eigenvalue weighted by molar-refractivity contribution is 0.178. The van der Waals surface area contributed by atoms with Crippen LogP contribution in [-0.4, -0.2) is 27.7 Å². The van der Waals surface area contributed by atoms with Gasteiger partial charge in [-0.3, -0.25) is 0 Å². The SMILES string of the molecule is Cc1ncc(C#N)c(NCC2CCC(O)C2)n1. The second-order valence-electron chi connectivity index (χ2n) is 4.51. The minimum Gasteiger partial charge on any atom is -0.393 e. The predicted octanol–water partition coefficient (Wildman–Crippen LogP) is 1.23. The molecule has 1 saturated carbocycles. The molecule has 5 heteroatoms. The Hall–Kier alpha value is -1.67. The molecule has 5 nitrogen and oxygen atoms in total. The predicted molar refractivity (Wildman–Crippen MR) is 63.3 cm³/mol. The van der Waals surface area contributed by atoms with Crippen molar-refractivity contribution >= 4 is 5.82 Å². The molecule has 17 heavy (non-hydrogen) atoms. The van der Waals surface area contributed by atoms with Gasteiger partial charge in [0.1, 0.15) is 23.3 Å². The highest BCUT2D eigenvalue weighted by Crippen LogP contribution is 2.25. The van der Waals surface area contributed by atoms with Crippen LogP contribution < -0.4 is 5.32 Å². The number of anilines is 1. The molecule has 1 aliphatic carbocycles. The van der Waals surface area contributed by atoms with E-state index in [1.165, 1.54) is 6.20 Å². The normalized spacial score (nSPS) is 23.4. The van der Waals surface area contributed by atoms with Gasteiger partial charge in [-0.05, 0) is 32.1 Å². The fourth-order valence-corrected chi connectivity index (χ4v) is 2.16. The first-order valence-electron chi connectivity index (χ1n) is 5.84. The van der Waals surface area contributed by atoms with Gasteiger partial charge in [0, 0.05) is 6.54 Å². The summed E-state index contributed by atoms with van der Waals surface area (Å²) >= 11 is 0. The van der Waals surface area contributed by atoms with E-state index in [2.05, 4.69) is 21.4 Å². The monoisotopic (exact) mass is 232 g/mol. The summed E-state index contributed by atoms with van der Waals surface area (Å²) in [6, 6.07) is 2.07. The summed E-state index contributed by atoms with van der Waals surface area (Å²) in [6.45, 7) is 2.55. The summed E-state index contributed by atoms with van der Waals surface area (Å²) < 4.78 is 0. The largest absolute Gasteiger partial charge is 0.393 e. The van der Waals surface area contributed by atoms with Crippen molar-refractivity contribution < 1.29 is 5.11 Å². The van der Waals surface area contributed by atoms with Gasteiger partial charge in [-0.25, -0.2) is 9.97 Å². The van der Waals surface area contributed by atoms with Crippen LogP contribution in [0.5, 0.6) is 0 Å². The summed E-state index contributed by atoms with van der Waals surface area (Å²) in [4.78, 5) is 8.21. The second kappa shape index (κ2) is 5.11. The molecule has 2 unspecified atom stereocenters. The first kappa shape index (κ1) is 11.8. The summed E-state index contributed by atoms with van der Waals surface area (Å²) in [6.07, 6.45) is 4.11. The number of nitrogens with one attached hydrogen (secondary N) is 1. The van der Waals surface area contributed by atoms with Crippen LogP contribution >= 0.6 is 0 Å². The molecule has 0 amide bonds. The maximum Gasteiger partial charge on any atom is 0.147 e. The molecule has 2 atom stereocenters. The van der Waals surface area contributed by atoms with Crippen molar-refractivity contribution in [2.45, 2.75) is 32.3 Å². The number of nitriles is 1. The van der Waals surface area contributed by atoms with Crippen molar-refractivity contribution in [3.05, 3.63) is 17.6 Å². The summed E-state index contributed by atoms with van der Waals surface area (Å²) in [5.74, 6) is 1.71. The molecule has 1 aliphatic rings. The van der Waals surface area contributed by atoms with Crippen LogP contribution in [0.2, 0.25) is 0 Å². The molecule has 0 spiro atoms. The molecule has 0 saturated heterocycles. The van der Waals surface area contributed by atoms with Gasteiger partial charge in [-0.15, -0.1) is 0 Å². The van der Waals surface area contributed by atoms with E-state index in [4.69, 9.17) is 5.26 Å². The first-order chi connectivity index (χ1) is 8.19. The van der Waals surface area contributed by atoms with Gasteiger partial charge in [-0.2, -0.15) is 5.26 Å². The molecule has 2 rings (SSSR count). The van der Waals surface area contributed by atoms with Gasteiger partial charge in [0.05, 0.1) is 12.3 Å². The molecule has 1 aromatic rings. The lowest BCUT2D eigenvalue weighted by Crippen LogP contribution is -2.14. The fraction of sp³-hybridized carbons (Fsp3) is 0.583. The second-order valence-corrected chi connectivity index (χ2v) is 4.51. The van der Waals surface area contributed by atoms with Gasteiger partial charge < -0.3 is 10.4 Å². The van der Waals surface area contributed by atoms with E-state index in [0.717, 1.165) is 25.8 Å². The fourth-order valence-electron chi connectivity index (χ4n) is 2.16. The van der Waals surface area contributed by atoms with Crippen molar-refractivity contribution in [1.29, 1.82) is 5.26 Å². The van der Waals surface area contributed by atoms with E-state index in [1.54, 1.807) is 6.92 Å². The average molecular weight is 232 g/mol. The summed E-state index contributed by atoms with van der Waals surface area (Å²) in [5, 5.41) is 21.6. The van der Waals surface area contributed by atoms with Crippen LogP contribution in [0.15, 0.2) is 6.20 Å². The Bertz CT molecular complexity index is 441. The van der Waals surface area contributed by atoms with E-state index in [9.17, 15) is 5.11 Å². The number of hydrogen-bond acceptors (Lipinski definition) is 5. The van der Waals surface area contributed by atoms with Crippen molar-refractivity contribution in [3.63, 3.8) is 0 Å². The number of aliphatic hydroxyl groups excluding tert-OH is 1. The molecule has 0 radical (unpaired) electrons. The van der Waals surface area contributed by atoms with Crippen molar-refractivity contribution in [1.82, 2.24) is 9.97 Å². The molecule has 0 aliphatic heterocycles. The number of aromatic nitrogens is 2. The third-order valence-corrected chi connectivity index (χ3v) is 3.10. The standard InChI is InChI=1S/C12H16N4O/c1-8-14-7-10(5-13)12(16-8)15-6-9-2-3-11(17)4-9/h7,9,11,17H,2-4,6H2,1H3,(H,14,15,16). The highest BCUT2D eigenvalue weighted by Gasteiger charge is 2.22. The van der Waals surface area contributed by atoms with Gasteiger partial charge >= 0.3 is 0 Å². The first-order valence-corrected chi connectivity index (χ1v) is 5.84. The van der Waals surface area contributed by atoms with Crippen LogP contribution in [-0.2, 0) is 0 Å². The Labute approximate surface area is 101 Å². The third-order valence-electron chi connectivity index (χ3n) is 3.10. The van der Waals surface area contributed by atoms with Crippen LogP contribution in [0.1, 0.15) is 30.7 Å². The summed E-state index contributed by atoms with van der Waals surface area (Å²) in [5.41, 5.74) is 0.467. The lowest BCUT2D eigenvalue weighted by atomic mass is 10.1. The van der Waals surface area contributed by atoms with Gasteiger partial charge in [0.2, 0.25) is 0 Å². The van der Waals surface area contributed by atoms with Crippen LogP contribution in [0, 0.1) is 24.2 Å². The van der Waals surface area contributed by atoms with E-state index in [1.807, 2.05) is 0 Å². The molecular weight excluding hydrogens is 216 g/mol. The van der Waals surface area contributed by atoms with Crippen LogP contribution in [0.4, 0.5) is 5.82 Å². The summed E-state index contributed by atoms with van der Waals surface area (Å²) in [7, 11) is 0. The quantitative estimate of drug-likeness (QED) is 0.819.